The minimum absolute atomic E-state index is 0.228. The van der Waals surface area contributed by atoms with Crippen LogP contribution in [0.15, 0.2) is 41.2 Å². The fourth-order valence-electron chi connectivity index (χ4n) is 2.29. The SMILES string of the molecule is Cc1ccc(-n2c(C)nc(=O)c3ccc(C)nc32)cc1. The Labute approximate surface area is 116 Å². The first-order valence-corrected chi connectivity index (χ1v) is 6.50. The Morgan fingerprint density at radius 1 is 0.900 bits per heavy atom. The third kappa shape index (κ3) is 1.99. The fraction of sp³-hybridized carbons (Fsp3) is 0.188. The summed E-state index contributed by atoms with van der Waals surface area (Å²) in [5.41, 5.74) is 3.46. The molecule has 0 fully saturated rings. The van der Waals surface area contributed by atoms with E-state index in [9.17, 15) is 4.79 Å². The van der Waals surface area contributed by atoms with Crippen LogP contribution in [-0.4, -0.2) is 14.5 Å². The van der Waals surface area contributed by atoms with Gasteiger partial charge in [0.25, 0.3) is 5.56 Å². The molecule has 0 aliphatic carbocycles. The van der Waals surface area contributed by atoms with Gasteiger partial charge in [0.15, 0.2) is 5.65 Å². The van der Waals surface area contributed by atoms with Gasteiger partial charge in [0.2, 0.25) is 0 Å². The molecule has 4 heteroatoms. The van der Waals surface area contributed by atoms with Gasteiger partial charge in [0.1, 0.15) is 5.82 Å². The van der Waals surface area contributed by atoms with Crippen LogP contribution >= 0.6 is 0 Å². The van der Waals surface area contributed by atoms with Crippen LogP contribution in [0.2, 0.25) is 0 Å². The minimum atomic E-state index is -0.228. The second-order valence-corrected chi connectivity index (χ2v) is 4.96. The first-order chi connectivity index (χ1) is 9.56. The van der Waals surface area contributed by atoms with Crippen LogP contribution < -0.4 is 5.56 Å². The standard InChI is InChI=1S/C16H15N3O/c1-10-4-7-13(8-5-10)19-12(3)18-16(20)14-9-6-11(2)17-15(14)19/h4-9H,1-3H3. The van der Waals surface area contributed by atoms with Crippen LogP contribution in [0.3, 0.4) is 0 Å². The summed E-state index contributed by atoms with van der Waals surface area (Å²) in [5.74, 6) is 0.643. The van der Waals surface area contributed by atoms with Crippen molar-refractivity contribution in [2.45, 2.75) is 20.8 Å². The summed E-state index contributed by atoms with van der Waals surface area (Å²) >= 11 is 0. The van der Waals surface area contributed by atoms with E-state index < -0.39 is 0 Å². The number of pyridine rings is 1. The third-order valence-corrected chi connectivity index (χ3v) is 3.34. The molecule has 2 aromatic heterocycles. The van der Waals surface area contributed by atoms with Crippen LogP contribution in [0.1, 0.15) is 17.1 Å². The quantitative estimate of drug-likeness (QED) is 0.679. The Morgan fingerprint density at radius 3 is 2.30 bits per heavy atom. The largest absolute Gasteiger partial charge is 0.282 e. The lowest BCUT2D eigenvalue weighted by molar-refractivity contribution is 0.913. The molecule has 0 unspecified atom stereocenters. The van der Waals surface area contributed by atoms with Crippen molar-refractivity contribution >= 4 is 11.0 Å². The molecule has 100 valence electrons. The predicted octanol–water partition coefficient (Wildman–Crippen LogP) is 2.71. The van der Waals surface area contributed by atoms with Gasteiger partial charge in [-0.3, -0.25) is 9.36 Å². The summed E-state index contributed by atoms with van der Waals surface area (Å²) in [6, 6.07) is 11.7. The molecule has 0 saturated heterocycles. The molecule has 3 aromatic rings. The van der Waals surface area contributed by atoms with Gasteiger partial charge in [-0.05, 0) is 45.0 Å². The summed E-state index contributed by atoms with van der Waals surface area (Å²) in [4.78, 5) is 20.6. The monoisotopic (exact) mass is 265 g/mol. The summed E-state index contributed by atoms with van der Waals surface area (Å²) in [6.07, 6.45) is 0. The smallest absolute Gasteiger partial charge is 0.282 e. The second kappa shape index (κ2) is 4.56. The van der Waals surface area contributed by atoms with Gasteiger partial charge < -0.3 is 0 Å². The lowest BCUT2D eigenvalue weighted by Crippen LogP contribution is -2.17. The zero-order valence-corrected chi connectivity index (χ0v) is 11.7. The Hall–Kier alpha value is -2.49. The highest BCUT2D eigenvalue weighted by molar-refractivity contribution is 5.76. The van der Waals surface area contributed by atoms with E-state index in [4.69, 9.17) is 0 Å². The molecule has 0 bridgehead atoms. The van der Waals surface area contributed by atoms with Gasteiger partial charge in [0.05, 0.1) is 5.39 Å². The van der Waals surface area contributed by atoms with E-state index in [1.807, 2.05) is 55.7 Å². The van der Waals surface area contributed by atoms with Gasteiger partial charge >= 0.3 is 0 Å². The maximum Gasteiger partial charge on any atom is 0.282 e. The van der Waals surface area contributed by atoms with Gasteiger partial charge in [-0.15, -0.1) is 0 Å². The Morgan fingerprint density at radius 2 is 1.60 bits per heavy atom. The maximum absolute atomic E-state index is 12.0. The summed E-state index contributed by atoms with van der Waals surface area (Å²) < 4.78 is 1.92. The number of hydrogen-bond acceptors (Lipinski definition) is 3. The predicted molar refractivity (Wildman–Crippen MR) is 79.3 cm³/mol. The zero-order chi connectivity index (χ0) is 14.3. The zero-order valence-electron chi connectivity index (χ0n) is 11.7. The average molecular weight is 265 g/mol. The van der Waals surface area contributed by atoms with E-state index in [1.54, 1.807) is 6.07 Å². The summed E-state index contributed by atoms with van der Waals surface area (Å²) in [5, 5.41) is 0.543. The van der Waals surface area contributed by atoms with E-state index in [1.165, 1.54) is 5.56 Å². The lowest BCUT2D eigenvalue weighted by atomic mass is 10.2. The number of hydrogen-bond donors (Lipinski definition) is 0. The van der Waals surface area contributed by atoms with Crippen LogP contribution in [-0.2, 0) is 0 Å². The molecule has 4 nitrogen and oxygen atoms in total. The van der Waals surface area contributed by atoms with Crippen LogP contribution in [0.5, 0.6) is 0 Å². The van der Waals surface area contributed by atoms with Crippen LogP contribution in [0, 0.1) is 20.8 Å². The van der Waals surface area contributed by atoms with Crippen molar-refractivity contribution in [3.05, 3.63) is 63.8 Å². The third-order valence-electron chi connectivity index (χ3n) is 3.34. The highest BCUT2D eigenvalue weighted by Crippen LogP contribution is 2.17. The van der Waals surface area contributed by atoms with E-state index in [-0.39, 0.29) is 5.56 Å². The van der Waals surface area contributed by atoms with Crippen molar-refractivity contribution in [2.24, 2.45) is 0 Å². The summed E-state index contributed by atoms with van der Waals surface area (Å²) in [6.45, 7) is 5.78. The van der Waals surface area contributed by atoms with Gasteiger partial charge in [0, 0.05) is 11.4 Å². The number of rotatable bonds is 1. The van der Waals surface area contributed by atoms with Gasteiger partial charge in [-0.1, -0.05) is 17.7 Å². The van der Waals surface area contributed by atoms with E-state index in [0.717, 1.165) is 11.4 Å². The van der Waals surface area contributed by atoms with Gasteiger partial charge in [-0.25, -0.2) is 4.98 Å². The second-order valence-electron chi connectivity index (χ2n) is 4.96. The normalized spacial score (nSPS) is 10.9. The maximum atomic E-state index is 12.0. The Kier molecular flexibility index (Phi) is 2.86. The molecule has 0 aliphatic heterocycles. The Balaban J connectivity index is 2.42. The number of aryl methyl sites for hydroxylation is 3. The fourth-order valence-corrected chi connectivity index (χ4v) is 2.29. The summed E-state index contributed by atoms with van der Waals surface area (Å²) in [7, 11) is 0. The highest BCUT2D eigenvalue weighted by atomic mass is 16.1. The number of aromatic nitrogens is 3. The lowest BCUT2D eigenvalue weighted by Gasteiger charge is -2.13. The van der Waals surface area contributed by atoms with Crippen molar-refractivity contribution in [3.8, 4) is 5.69 Å². The van der Waals surface area contributed by atoms with Crippen molar-refractivity contribution in [2.75, 3.05) is 0 Å². The molecule has 0 saturated carbocycles. The number of fused-ring (bicyclic) bond motifs is 1. The molecule has 0 N–H and O–H groups in total. The highest BCUT2D eigenvalue weighted by Gasteiger charge is 2.10. The van der Waals surface area contributed by atoms with Crippen molar-refractivity contribution in [1.29, 1.82) is 0 Å². The molecule has 0 amide bonds. The van der Waals surface area contributed by atoms with E-state index in [2.05, 4.69) is 9.97 Å². The molecule has 0 atom stereocenters. The van der Waals surface area contributed by atoms with Crippen molar-refractivity contribution < 1.29 is 0 Å². The van der Waals surface area contributed by atoms with Crippen LogP contribution in [0.4, 0.5) is 0 Å². The van der Waals surface area contributed by atoms with Crippen molar-refractivity contribution in [3.63, 3.8) is 0 Å². The Bertz CT molecular complexity index is 848. The number of benzene rings is 1. The molecule has 1 aromatic carbocycles. The van der Waals surface area contributed by atoms with Crippen molar-refractivity contribution in [1.82, 2.24) is 14.5 Å². The molecule has 0 aliphatic rings. The molecule has 2 heterocycles. The first kappa shape index (κ1) is 12.5. The van der Waals surface area contributed by atoms with Gasteiger partial charge in [-0.2, -0.15) is 4.98 Å². The average Bonchev–Trinajstić information content (AvgIpc) is 2.40. The molecular formula is C16H15N3O. The topological polar surface area (TPSA) is 47.8 Å². The van der Waals surface area contributed by atoms with Crippen LogP contribution in [0.25, 0.3) is 16.7 Å². The minimum Gasteiger partial charge on any atom is -0.282 e. The molecular weight excluding hydrogens is 250 g/mol. The van der Waals surface area contributed by atoms with E-state index >= 15 is 0 Å². The molecule has 0 spiro atoms. The molecule has 0 radical (unpaired) electrons. The first-order valence-electron chi connectivity index (χ1n) is 6.50. The van der Waals surface area contributed by atoms with E-state index in [0.29, 0.717) is 16.9 Å². The molecule has 3 rings (SSSR count). The molecule has 20 heavy (non-hydrogen) atoms. The number of nitrogens with zero attached hydrogens (tertiary/aromatic N) is 3.